The summed E-state index contributed by atoms with van der Waals surface area (Å²) in [6.07, 6.45) is 5.33. The number of hydrogen-bond acceptors (Lipinski definition) is 6. The molecule has 2 aliphatic rings. The van der Waals surface area contributed by atoms with E-state index in [1.54, 1.807) is 6.07 Å². The summed E-state index contributed by atoms with van der Waals surface area (Å²) < 4.78 is 0. The van der Waals surface area contributed by atoms with Gasteiger partial charge in [-0.25, -0.2) is 4.99 Å². The predicted octanol–water partition coefficient (Wildman–Crippen LogP) is 3.88. The van der Waals surface area contributed by atoms with Crippen LogP contribution in [0.15, 0.2) is 23.2 Å². The van der Waals surface area contributed by atoms with Crippen molar-refractivity contribution >= 4 is 57.4 Å². The van der Waals surface area contributed by atoms with Crippen LogP contribution in [-0.2, 0) is 22.4 Å². The van der Waals surface area contributed by atoms with Crippen LogP contribution in [-0.4, -0.2) is 23.1 Å². The quantitative estimate of drug-likeness (QED) is 0.449. The van der Waals surface area contributed by atoms with E-state index in [4.69, 9.17) is 12.2 Å². The number of nitrogens with zero attached hydrogens (tertiary/aromatic N) is 3. The number of amides is 2. The number of thiophene rings is 1. The lowest BCUT2D eigenvalue weighted by Gasteiger charge is -2.31. The van der Waals surface area contributed by atoms with Crippen LogP contribution in [0, 0.1) is 31.1 Å². The van der Waals surface area contributed by atoms with Crippen molar-refractivity contribution in [3.8, 4) is 6.07 Å². The summed E-state index contributed by atoms with van der Waals surface area (Å²) in [5.74, 6) is -2.06. The van der Waals surface area contributed by atoms with E-state index in [1.165, 1.54) is 27.3 Å². The highest BCUT2D eigenvalue weighted by Gasteiger charge is 2.38. The van der Waals surface area contributed by atoms with Crippen molar-refractivity contribution in [1.82, 2.24) is 5.32 Å². The van der Waals surface area contributed by atoms with Crippen LogP contribution in [0.2, 0.25) is 0 Å². The van der Waals surface area contributed by atoms with Crippen molar-refractivity contribution in [3.63, 3.8) is 0 Å². The summed E-state index contributed by atoms with van der Waals surface area (Å²) in [6.45, 7) is 3.94. The number of aliphatic imine (C=N–C) groups is 1. The summed E-state index contributed by atoms with van der Waals surface area (Å²) >= 11 is 6.73. The molecule has 2 amide bonds. The van der Waals surface area contributed by atoms with Crippen molar-refractivity contribution in [2.45, 2.75) is 39.5 Å². The first-order valence-corrected chi connectivity index (χ1v) is 11.0. The minimum atomic E-state index is -1.11. The number of anilines is 1. The molecule has 2 heterocycles. The maximum absolute atomic E-state index is 13.1. The molecular weight excluding hydrogens is 416 g/mol. The molecule has 1 fully saturated rings. The van der Waals surface area contributed by atoms with E-state index in [-0.39, 0.29) is 5.11 Å². The van der Waals surface area contributed by atoms with E-state index in [2.05, 4.69) is 16.4 Å². The van der Waals surface area contributed by atoms with Crippen LogP contribution in [0.1, 0.15) is 40.0 Å². The van der Waals surface area contributed by atoms with Gasteiger partial charge in [0.05, 0.1) is 11.3 Å². The van der Waals surface area contributed by atoms with Gasteiger partial charge in [-0.2, -0.15) is 5.26 Å². The minimum absolute atomic E-state index is 0.0576. The zero-order chi connectivity index (χ0) is 21.4. The van der Waals surface area contributed by atoms with Gasteiger partial charge in [0, 0.05) is 11.1 Å². The smallest absolute Gasteiger partial charge is 0.251 e. The number of hydrogen-bond donors (Lipinski definition) is 1. The van der Waals surface area contributed by atoms with Gasteiger partial charge in [-0.1, -0.05) is 6.07 Å². The van der Waals surface area contributed by atoms with Crippen LogP contribution in [0.4, 0.5) is 10.7 Å². The fourth-order valence-corrected chi connectivity index (χ4v) is 5.22. The monoisotopic (exact) mass is 436 g/mol. The predicted molar refractivity (Wildman–Crippen MR) is 121 cm³/mol. The highest BCUT2D eigenvalue weighted by Crippen LogP contribution is 2.39. The Morgan fingerprint density at radius 2 is 2.03 bits per heavy atom. The summed E-state index contributed by atoms with van der Waals surface area (Å²) in [5, 5.41) is 12.8. The zero-order valence-electron chi connectivity index (χ0n) is 16.7. The van der Waals surface area contributed by atoms with Gasteiger partial charge in [-0.3, -0.25) is 14.5 Å². The minimum Gasteiger partial charge on any atom is -0.301 e. The third kappa shape index (κ3) is 3.55. The summed E-state index contributed by atoms with van der Waals surface area (Å²) in [7, 11) is 0. The highest BCUT2D eigenvalue weighted by molar-refractivity contribution is 7.80. The van der Waals surface area contributed by atoms with Gasteiger partial charge >= 0.3 is 0 Å². The maximum Gasteiger partial charge on any atom is 0.251 e. The second-order valence-corrected chi connectivity index (χ2v) is 8.97. The van der Waals surface area contributed by atoms with Gasteiger partial charge in [0.25, 0.3) is 5.91 Å². The first-order valence-electron chi connectivity index (χ1n) is 9.75. The van der Waals surface area contributed by atoms with E-state index in [0.717, 1.165) is 42.4 Å². The van der Waals surface area contributed by atoms with Gasteiger partial charge in [0.15, 0.2) is 11.0 Å². The SMILES string of the molecule is Cc1ccc(N2C(=O)[C@H](C=Nc3sc4c(c3C#N)CCCC4)C(=O)NC2=S)cc1C. The summed E-state index contributed by atoms with van der Waals surface area (Å²) in [4.78, 5) is 32.6. The molecule has 4 rings (SSSR count). The fraction of sp³-hybridized carbons (Fsp3) is 0.318. The molecular formula is C22H20N4O2S2. The third-order valence-corrected chi connectivity index (χ3v) is 7.04. The van der Waals surface area contributed by atoms with Crippen molar-refractivity contribution < 1.29 is 9.59 Å². The van der Waals surface area contributed by atoms with Crippen LogP contribution in [0.3, 0.4) is 0 Å². The van der Waals surface area contributed by atoms with Gasteiger partial charge in [-0.05, 0) is 80.6 Å². The van der Waals surface area contributed by atoms with Crippen molar-refractivity contribution in [2.75, 3.05) is 4.90 Å². The molecule has 1 aliphatic carbocycles. The molecule has 30 heavy (non-hydrogen) atoms. The number of rotatable bonds is 3. The number of fused-ring (bicyclic) bond motifs is 1. The number of nitrogens with one attached hydrogen (secondary N) is 1. The van der Waals surface area contributed by atoms with Crippen LogP contribution >= 0.6 is 23.6 Å². The number of nitriles is 1. The first-order chi connectivity index (χ1) is 14.4. The Morgan fingerprint density at radius 1 is 1.27 bits per heavy atom. The fourth-order valence-electron chi connectivity index (χ4n) is 3.73. The number of thiocarbonyl (C=S) groups is 1. The zero-order valence-corrected chi connectivity index (χ0v) is 18.3. The van der Waals surface area contributed by atoms with Crippen LogP contribution < -0.4 is 10.2 Å². The van der Waals surface area contributed by atoms with Gasteiger partial charge in [0.1, 0.15) is 11.1 Å². The lowest BCUT2D eigenvalue weighted by molar-refractivity contribution is -0.130. The molecule has 1 atom stereocenters. The average Bonchev–Trinajstić information content (AvgIpc) is 3.07. The molecule has 0 radical (unpaired) electrons. The molecule has 1 aromatic heterocycles. The summed E-state index contributed by atoms with van der Waals surface area (Å²) in [6, 6.07) is 7.83. The highest BCUT2D eigenvalue weighted by atomic mass is 32.1. The summed E-state index contributed by atoms with van der Waals surface area (Å²) in [5.41, 5.74) is 4.36. The molecule has 1 aromatic carbocycles. The van der Waals surface area contributed by atoms with E-state index in [0.29, 0.717) is 16.3 Å². The van der Waals surface area contributed by atoms with Crippen molar-refractivity contribution in [3.05, 3.63) is 45.3 Å². The molecule has 2 aromatic rings. The third-order valence-electron chi connectivity index (χ3n) is 5.56. The van der Waals surface area contributed by atoms with Crippen LogP contribution in [0.5, 0.6) is 0 Å². The Balaban J connectivity index is 1.65. The van der Waals surface area contributed by atoms with Gasteiger partial charge < -0.3 is 5.32 Å². The second kappa shape index (κ2) is 8.09. The molecule has 1 saturated heterocycles. The van der Waals surface area contributed by atoms with Crippen LogP contribution in [0.25, 0.3) is 0 Å². The Kier molecular flexibility index (Phi) is 5.50. The molecule has 1 N–H and O–H groups in total. The number of aryl methyl sites for hydroxylation is 3. The Bertz CT molecular complexity index is 1140. The van der Waals surface area contributed by atoms with Gasteiger partial charge in [-0.15, -0.1) is 11.3 Å². The average molecular weight is 437 g/mol. The lowest BCUT2D eigenvalue weighted by atomic mass is 9.96. The van der Waals surface area contributed by atoms with E-state index in [1.807, 2.05) is 26.0 Å². The first kappa shape index (κ1) is 20.4. The standard InChI is InChI=1S/C22H20N4O2S2/c1-12-7-8-14(9-13(12)2)26-21(28)17(19(27)25-22(26)29)11-24-20-16(10-23)15-5-3-4-6-18(15)30-20/h7-9,11,17H,3-6H2,1-2H3,(H,25,27,29)/t17-/m1/s1. The van der Waals surface area contributed by atoms with E-state index >= 15 is 0 Å². The van der Waals surface area contributed by atoms with Gasteiger partial charge in [0.2, 0.25) is 5.91 Å². The Morgan fingerprint density at radius 3 is 2.77 bits per heavy atom. The molecule has 0 bridgehead atoms. The Hall–Kier alpha value is -2.89. The lowest BCUT2D eigenvalue weighted by Crippen LogP contribution is -2.58. The van der Waals surface area contributed by atoms with Crippen molar-refractivity contribution in [1.29, 1.82) is 5.26 Å². The molecule has 0 spiro atoms. The number of carbonyl (C=O) groups excluding carboxylic acids is 2. The largest absolute Gasteiger partial charge is 0.301 e. The molecule has 0 unspecified atom stereocenters. The van der Waals surface area contributed by atoms with E-state index < -0.39 is 17.7 Å². The van der Waals surface area contributed by atoms with E-state index in [9.17, 15) is 14.9 Å². The molecule has 1 aliphatic heterocycles. The molecule has 6 nitrogen and oxygen atoms in total. The number of benzene rings is 1. The second-order valence-electron chi connectivity index (χ2n) is 7.50. The number of carbonyl (C=O) groups is 2. The topological polar surface area (TPSA) is 85.6 Å². The Labute approximate surface area is 184 Å². The normalized spacial score (nSPS) is 19.0. The molecule has 0 saturated carbocycles. The molecule has 152 valence electrons. The maximum atomic E-state index is 13.1. The molecule has 8 heteroatoms. The van der Waals surface area contributed by atoms with Crippen molar-refractivity contribution in [2.24, 2.45) is 10.9 Å².